The topological polar surface area (TPSA) is 33.5 Å². The molecule has 6 heteroatoms. The molecule has 396 valence electrons. The van der Waals surface area contributed by atoms with Gasteiger partial charge in [-0.1, -0.05) is 213 Å². The van der Waals surface area contributed by atoms with Gasteiger partial charge in [0.1, 0.15) is 5.82 Å². The number of nitrogens with zero attached hydrogens (tertiary/aromatic N) is 4. The van der Waals surface area contributed by atoms with Crippen molar-refractivity contribution >= 4 is 44.6 Å². The fourth-order valence-electron chi connectivity index (χ4n) is 11.1. The largest absolute Gasteiger partial charge is 0.509 e. The zero-order valence-corrected chi connectivity index (χ0v) is 48.5. The minimum Gasteiger partial charge on any atom is -0.509 e. The zero-order valence-electron chi connectivity index (χ0n) is 49.2. The summed E-state index contributed by atoms with van der Waals surface area (Å²) in [7, 11) is 0. The molecule has 0 atom stereocenters. The number of aryl methyl sites for hydroxylation is 1. The Morgan fingerprint density at radius 2 is 1.10 bits per heavy atom. The molecule has 0 amide bonds. The molecule has 11 aromatic rings. The van der Waals surface area contributed by atoms with Crippen LogP contribution in [-0.4, -0.2) is 9.55 Å². The maximum atomic E-state index is 8.11. The molecule has 9 aromatic carbocycles. The molecule has 0 spiro atoms. The molecule has 0 bridgehead atoms. The van der Waals surface area contributed by atoms with E-state index in [1.807, 2.05) is 42.6 Å². The first-order valence-electron chi connectivity index (χ1n) is 28.4. The van der Waals surface area contributed by atoms with Crippen molar-refractivity contribution in [2.75, 3.05) is 9.80 Å². The van der Waals surface area contributed by atoms with Crippen LogP contribution in [-0.2, 0) is 37.3 Å². The molecule has 5 nitrogen and oxygen atoms in total. The summed E-state index contributed by atoms with van der Waals surface area (Å²) in [6, 6.07) is 77.1. The molecule has 1 aliphatic heterocycles. The molecule has 0 fully saturated rings. The monoisotopic (exact) mass is 1210 g/mol. The number of benzene rings is 9. The van der Waals surface area contributed by atoms with Crippen LogP contribution >= 0.6 is 0 Å². The molecule has 2 aromatic heterocycles. The van der Waals surface area contributed by atoms with E-state index in [-0.39, 0.29) is 37.3 Å². The summed E-state index contributed by atoms with van der Waals surface area (Å²) in [5, 5.41) is 2.08. The molecular weight excluding hydrogens is 1140 g/mol. The van der Waals surface area contributed by atoms with Crippen molar-refractivity contribution in [1.29, 1.82) is 0 Å². The Morgan fingerprint density at radius 1 is 0.481 bits per heavy atom. The Kier molecular flexibility index (Phi) is 12.9. The molecule has 0 unspecified atom stereocenters. The molecule has 0 saturated carbocycles. The van der Waals surface area contributed by atoms with Crippen molar-refractivity contribution in [3.05, 3.63) is 247 Å². The van der Waals surface area contributed by atoms with E-state index in [2.05, 4.69) is 247 Å². The van der Waals surface area contributed by atoms with Crippen LogP contribution in [0.3, 0.4) is 0 Å². The smallest absolute Gasteiger partial charge is 0.135 e. The molecule has 0 radical (unpaired) electrons. The SMILES string of the molecule is [2H]C([2H])([2H])c1cccc(-c2cnc(-n3c4[c-]c(Oc5[c-]c(N6[CH-]N(c7c(-c8cccc(C(C)(C)C)c8)cccc7-c7ccc(-c8ccccc8)c(C(C)(C)C)c7)c7ccccc76)ccc5)ccc4c4ccccc43)cc2C(C)(C)C)c1.[Pt]. The predicted octanol–water partition coefficient (Wildman–Crippen LogP) is 19.8. The Morgan fingerprint density at radius 3 is 1.84 bits per heavy atom. The molecular formula is C73H65N4OPt-3. The van der Waals surface area contributed by atoms with Gasteiger partial charge < -0.3 is 19.1 Å². The number of para-hydroxylation sites is 4. The first kappa shape index (κ1) is 49.3. The normalized spacial score (nSPS) is 13.5. The van der Waals surface area contributed by atoms with Gasteiger partial charge in [-0.3, -0.25) is 0 Å². The average Bonchev–Trinajstić information content (AvgIpc) is 2.78. The van der Waals surface area contributed by atoms with Crippen molar-refractivity contribution in [3.63, 3.8) is 0 Å². The molecule has 12 rings (SSSR count). The van der Waals surface area contributed by atoms with E-state index in [0.29, 0.717) is 17.1 Å². The third-order valence-electron chi connectivity index (χ3n) is 15.1. The van der Waals surface area contributed by atoms with Crippen LogP contribution in [0.15, 0.2) is 206 Å². The van der Waals surface area contributed by atoms with Crippen molar-refractivity contribution in [1.82, 2.24) is 9.55 Å². The van der Waals surface area contributed by atoms with E-state index in [4.69, 9.17) is 13.8 Å². The molecule has 0 N–H and O–H groups in total. The molecule has 1 aliphatic rings. The van der Waals surface area contributed by atoms with Crippen molar-refractivity contribution in [3.8, 4) is 61.8 Å². The first-order valence-corrected chi connectivity index (χ1v) is 26.9. The summed E-state index contributed by atoms with van der Waals surface area (Å²) in [4.78, 5) is 9.67. The Bertz CT molecular complexity index is 4200. The van der Waals surface area contributed by atoms with Crippen LogP contribution < -0.4 is 14.5 Å². The van der Waals surface area contributed by atoms with Gasteiger partial charge in [-0.15, -0.1) is 48.1 Å². The Labute approximate surface area is 485 Å². The number of hydrogen-bond acceptors (Lipinski definition) is 4. The number of rotatable bonds is 9. The number of pyridine rings is 1. The fraction of sp³-hybridized carbons (Fsp3) is 0.178. The van der Waals surface area contributed by atoms with Gasteiger partial charge in [-0.05, 0) is 103 Å². The third kappa shape index (κ3) is 10.1. The van der Waals surface area contributed by atoms with Crippen LogP contribution in [0.25, 0.3) is 72.1 Å². The van der Waals surface area contributed by atoms with E-state index in [1.165, 1.54) is 22.3 Å². The molecule has 79 heavy (non-hydrogen) atoms. The van der Waals surface area contributed by atoms with Gasteiger partial charge in [0.15, 0.2) is 0 Å². The summed E-state index contributed by atoms with van der Waals surface area (Å²) in [6.07, 6.45) is 1.88. The molecule has 0 aliphatic carbocycles. The summed E-state index contributed by atoms with van der Waals surface area (Å²) in [5.41, 5.74) is 17.9. The summed E-state index contributed by atoms with van der Waals surface area (Å²) in [5.74, 6) is 1.80. The Hall–Kier alpha value is -7.98. The number of hydrogen-bond donors (Lipinski definition) is 0. The van der Waals surface area contributed by atoms with Gasteiger partial charge in [0, 0.05) is 82.1 Å². The number of anilines is 4. The Balaban J connectivity index is 0.00000705. The molecule has 3 heterocycles. The number of aromatic nitrogens is 2. The van der Waals surface area contributed by atoms with Crippen LogP contribution in [0, 0.1) is 25.7 Å². The molecule has 0 saturated heterocycles. The van der Waals surface area contributed by atoms with E-state index >= 15 is 0 Å². The van der Waals surface area contributed by atoms with Gasteiger partial charge >= 0.3 is 0 Å². The minimum absolute atomic E-state index is 0. The standard InChI is InChI=1S/C73H65N4O.Pt/c1-48-22-18-25-50(40-48)62-46-74-69(45-64(62)73(8,9)10)77-65-33-15-14-30-60(65)61-39-37-56(44-68(61)77)78-55-29-20-28-54(43-55)75-47-76(67-35-17-16-34-66(67)75)70-58(51-26-19-27-53(41-51)71(2,3)4)31-21-32-59(70)52-36-38-57(49-23-12-11-13-24-49)63(42-52)72(5,6)7;/h11-42,45-47H,1-10H3;/q-3;/i1D3;. The fourth-order valence-corrected chi connectivity index (χ4v) is 11.1. The first-order chi connectivity index (χ1) is 38.7. The van der Waals surface area contributed by atoms with Crippen LogP contribution in [0.1, 0.15) is 88.7 Å². The summed E-state index contributed by atoms with van der Waals surface area (Å²) in [6.45, 7) is 20.2. The van der Waals surface area contributed by atoms with E-state index in [9.17, 15) is 0 Å². The average molecular weight is 1210 g/mol. The van der Waals surface area contributed by atoms with Crippen LogP contribution in [0.5, 0.6) is 11.5 Å². The van der Waals surface area contributed by atoms with E-state index < -0.39 is 6.85 Å². The van der Waals surface area contributed by atoms with Crippen molar-refractivity contribution < 1.29 is 29.9 Å². The second-order valence-corrected chi connectivity index (χ2v) is 23.6. The van der Waals surface area contributed by atoms with Gasteiger partial charge in [0.05, 0.1) is 0 Å². The van der Waals surface area contributed by atoms with E-state index in [0.717, 1.165) is 89.3 Å². The second-order valence-electron chi connectivity index (χ2n) is 23.6. The van der Waals surface area contributed by atoms with E-state index in [1.54, 1.807) is 12.1 Å². The minimum atomic E-state index is -2.23. The van der Waals surface area contributed by atoms with Crippen LogP contribution in [0.4, 0.5) is 22.7 Å². The maximum Gasteiger partial charge on any atom is 0.135 e. The predicted molar refractivity (Wildman–Crippen MR) is 327 cm³/mol. The second kappa shape index (κ2) is 20.7. The number of fused-ring (bicyclic) bond motifs is 4. The number of ether oxygens (including phenoxy) is 1. The van der Waals surface area contributed by atoms with Gasteiger partial charge in [-0.2, -0.15) is 12.1 Å². The quantitative estimate of drug-likeness (QED) is 0.135. The van der Waals surface area contributed by atoms with Crippen molar-refractivity contribution in [2.45, 2.75) is 85.4 Å². The van der Waals surface area contributed by atoms with Gasteiger partial charge in [-0.25, -0.2) is 4.98 Å². The zero-order chi connectivity index (χ0) is 56.6. The van der Waals surface area contributed by atoms with Gasteiger partial charge in [0.25, 0.3) is 0 Å². The van der Waals surface area contributed by atoms with Gasteiger partial charge in [0.2, 0.25) is 0 Å². The maximum absolute atomic E-state index is 8.11. The van der Waals surface area contributed by atoms with Crippen molar-refractivity contribution in [2.24, 2.45) is 0 Å². The summed E-state index contributed by atoms with van der Waals surface area (Å²) < 4.78 is 33.3. The summed E-state index contributed by atoms with van der Waals surface area (Å²) >= 11 is 0. The third-order valence-corrected chi connectivity index (χ3v) is 15.1. The van der Waals surface area contributed by atoms with Crippen LogP contribution in [0.2, 0.25) is 0 Å².